The fourth-order valence-corrected chi connectivity index (χ4v) is 4.67. The fourth-order valence-electron chi connectivity index (χ4n) is 1.73. The van der Waals surface area contributed by atoms with Gasteiger partial charge in [-0.15, -0.1) is 17.2 Å². The van der Waals surface area contributed by atoms with Crippen molar-refractivity contribution < 1.29 is 5.32 Å². The van der Waals surface area contributed by atoms with E-state index in [1.807, 2.05) is 33.5 Å². The Morgan fingerprint density at radius 3 is 1.93 bits per heavy atom. The predicted molar refractivity (Wildman–Crippen MR) is 76.0 cm³/mol. The van der Waals surface area contributed by atoms with Crippen molar-refractivity contribution in [2.24, 2.45) is 0 Å². The van der Waals surface area contributed by atoms with E-state index in [2.05, 4.69) is 4.67 Å². The molecule has 1 unspecified atom stereocenters. The van der Waals surface area contributed by atoms with Gasteiger partial charge in [-0.25, -0.2) is 0 Å². The summed E-state index contributed by atoms with van der Waals surface area (Å²) in [5.41, 5.74) is 0.659. The van der Waals surface area contributed by atoms with Gasteiger partial charge < -0.3 is 22.2 Å². The molecule has 1 aliphatic rings. The van der Waals surface area contributed by atoms with Crippen LogP contribution in [0.4, 0.5) is 0 Å². The van der Waals surface area contributed by atoms with Gasteiger partial charge >= 0.3 is 0 Å². The van der Waals surface area contributed by atoms with Crippen LogP contribution in [0.3, 0.4) is 0 Å². The molecule has 0 amide bonds. The Balaban J connectivity index is 0.000000583. The van der Waals surface area contributed by atoms with Crippen molar-refractivity contribution in [2.75, 3.05) is 28.2 Å². The van der Waals surface area contributed by atoms with Gasteiger partial charge in [0.2, 0.25) is 0 Å². The van der Waals surface area contributed by atoms with Gasteiger partial charge in [0.05, 0.1) is 14.1 Å². The van der Waals surface area contributed by atoms with Crippen LogP contribution in [0.5, 0.6) is 0 Å². The number of rotatable bonds is 2. The third-order valence-corrected chi connectivity index (χ3v) is 8.90. The molecule has 1 fully saturated rings. The number of nitrogens with zero attached hydrogens (tertiary/aromatic N) is 1. The molecular formula is C10H25N2PS2. The van der Waals surface area contributed by atoms with E-state index in [9.17, 15) is 0 Å². The lowest BCUT2D eigenvalue weighted by molar-refractivity contribution is -0.597. The molecule has 0 heterocycles. The highest BCUT2D eigenvalue weighted by Gasteiger charge is 2.20. The van der Waals surface area contributed by atoms with E-state index in [4.69, 9.17) is 24.1 Å². The predicted octanol–water partition coefficient (Wildman–Crippen LogP) is 1.55. The zero-order valence-electron chi connectivity index (χ0n) is 10.4. The van der Waals surface area contributed by atoms with E-state index in [-0.39, 0.29) is 0 Å². The quantitative estimate of drug-likeness (QED) is 0.606. The first-order valence-corrected chi connectivity index (χ1v) is 9.53. The first-order chi connectivity index (χ1) is 6.96. The molecule has 0 saturated heterocycles. The van der Waals surface area contributed by atoms with Crippen LogP contribution >= 0.6 is 5.39 Å². The second-order valence-corrected chi connectivity index (χ2v) is 11.0. The number of nitrogens with two attached hydrogens (primary N) is 1. The lowest BCUT2D eigenvalue weighted by Crippen LogP contribution is -2.74. The molecule has 1 rings (SSSR count). The molecule has 1 saturated carbocycles. The molecule has 0 aliphatic heterocycles. The molecule has 0 radical (unpaired) electrons. The van der Waals surface area contributed by atoms with Crippen molar-refractivity contribution in [2.45, 2.75) is 37.8 Å². The summed E-state index contributed by atoms with van der Waals surface area (Å²) >= 11 is 11.1. The van der Waals surface area contributed by atoms with Crippen molar-refractivity contribution in [3.05, 3.63) is 0 Å². The van der Waals surface area contributed by atoms with Crippen LogP contribution in [-0.4, -0.2) is 38.5 Å². The van der Waals surface area contributed by atoms with E-state index in [1.54, 1.807) is 0 Å². The third-order valence-electron chi connectivity index (χ3n) is 2.59. The van der Waals surface area contributed by atoms with Gasteiger partial charge in [-0.05, 0) is 32.6 Å². The Hall–Kier alpha value is 0.920. The van der Waals surface area contributed by atoms with Crippen LogP contribution in [0, 0.1) is 0 Å². The summed E-state index contributed by atoms with van der Waals surface area (Å²) < 4.78 is 2.12. The average Bonchev–Trinajstić information content (AvgIpc) is 2.20. The smallest absolute Gasteiger partial charge is 0.0647 e. The lowest BCUT2D eigenvalue weighted by atomic mass is 10.0. The lowest BCUT2D eigenvalue weighted by Gasteiger charge is -2.44. The van der Waals surface area contributed by atoms with Crippen molar-refractivity contribution >= 4 is 29.4 Å². The topological polar surface area (TPSA) is 19.9 Å². The van der Waals surface area contributed by atoms with Crippen molar-refractivity contribution in [1.82, 2.24) is 4.67 Å². The molecule has 0 aromatic rings. The van der Waals surface area contributed by atoms with E-state index in [1.165, 1.54) is 32.1 Å². The van der Waals surface area contributed by atoms with Gasteiger partial charge in [-0.1, -0.05) is 19.3 Å². The maximum absolute atomic E-state index is 5.54. The highest BCUT2D eigenvalue weighted by atomic mass is 32.9. The van der Waals surface area contributed by atoms with E-state index in [0.29, 0.717) is 5.66 Å². The highest BCUT2D eigenvalue weighted by molar-refractivity contribution is 8.54. The van der Waals surface area contributed by atoms with Crippen LogP contribution in [0.15, 0.2) is 0 Å². The summed E-state index contributed by atoms with van der Waals surface area (Å²) in [5.74, 6) is 0. The monoisotopic (exact) mass is 268 g/mol. The minimum atomic E-state index is -1.59. The molecule has 0 bridgehead atoms. The molecule has 0 aromatic heterocycles. The molecule has 92 valence electrons. The number of hydrogen-bond acceptors (Lipinski definition) is 2. The summed E-state index contributed by atoms with van der Waals surface area (Å²) in [6.07, 6.45) is 6.62. The Kier molecular flexibility index (Phi) is 8.57. The summed E-state index contributed by atoms with van der Waals surface area (Å²) in [6, 6.07) is 0. The van der Waals surface area contributed by atoms with Gasteiger partial charge in [-0.2, -0.15) is 0 Å². The maximum atomic E-state index is 5.54. The van der Waals surface area contributed by atoms with Gasteiger partial charge in [0.1, 0.15) is 0 Å². The zero-order chi connectivity index (χ0) is 11.9. The molecule has 0 spiro atoms. The minimum absolute atomic E-state index is 0.659. The minimum Gasteiger partial charge on any atom is -0.731 e. The molecule has 15 heavy (non-hydrogen) atoms. The molecule has 0 aromatic carbocycles. The first-order valence-electron chi connectivity index (χ1n) is 5.69. The molecule has 1 atom stereocenters. The Labute approximate surface area is 105 Å². The van der Waals surface area contributed by atoms with Crippen LogP contribution in [0.2, 0.25) is 0 Å². The first kappa shape index (κ1) is 15.9. The van der Waals surface area contributed by atoms with Crippen LogP contribution in [-0.2, 0) is 24.1 Å². The summed E-state index contributed by atoms with van der Waals surface area (Å²) in [5, 5.41) is 0.410. The molecule has 1 aliphatic carbocycles. The number of quaternary nitrogens is 1. The highest BCUT2D eigenvalue weighted by Crippen LogP contribution is 2.55. The van der Waals surface area contributed by atoms with E-state index < -0.39 is 5.39 Å². The third kappa shape index (κ3) is 5.69. The Bertz CT molecular complexity index is 204. The summed E-state index contributed by atoms with van der Waals surface area (Å²) in [4.78, 5) is 0. The number of hydrogen-bond donors (Lipinski definition) is 1. The standard InChI is InChI=1S/C8H18NPS2.C2H7N/c1-9(2)10(11,12)8-6-4-3-5-7-8;1-3-2/h8H,3-7H2,1-2H3,(H,11,12);3H,1-2H3. The van der Waals surface area contributed by atoms with Crippen molar-refractivity contribution in [1.29, 1.82) is 0 Å². The largest absolute Gasteiger partial charge is 0.731 e. The van der Waals surface area contributed by atoms with Gasteiger partial charge in [0, 0.05) is 0 Å². The van der Waals surface area contributed by atoms with Crippen LogP contribution in [0.1, 0.15) is 32.1 Å². The molecule has 2 N–H and O–H groups in total. The van der Waals surface area contributed by atoms with Gasteiger partial charge in [-0.3, -0.25) is 0 Å². The maximum Gasteiger partial charge on any atom is 0.0647 e. The average molecular weight is 268 g/mol. The van der Waals surface area contributed by atoms with E-state index in [0.717, 1.165) is 0 Å². The second-order valence-electron chi connectivity index (χ2n) is 4.28. The second kappa shape index (κ2) is 8.08. The van der Waals surface area contributed by atoms with Crippen molar-refractivity contribution in [3.63, 3.8) is 0 Å². The fraction of sp³-hybridized carbons (Fsp3) is 1.00. The normalized spacial score (nSPS) is 21.7. The zero-order valence-corrected chi connectivity index (χ0v) is 12.9. The summed E-state index contributed by atoms with van der Waals surface area (Å²) in [7, 11) is 8.09. The molecule has 5 heteroatoms. The Morgan fingerprint density at radius 1 is 1.20 bits per heavy atom. The van der Waals surface area contributed by atoms with Gasteiger partial charge in [0.25, 0.3) is 0 Å². The van der Waals surface area contributed by atoms with E-state index >= 15 is 0 Å². The van der Waals surface area contributed by atoms with Crippen molar-refractivity contribution in [3.8, 4) is 0 Å². The molecule has 2 nitrogen and oxygen atoms in total. The summed E-state index contributed by atoms with van der Waals surface area (Å²) in [6.45, 7) is 0. The molecular weight excluding hydrogens is 243 g/mol. The SMILES string of the molecule is CN(C)P(=S)([S-])C1CCCCC1.C[NH2+]C. The Morgan fingerprint density at radius 2 is 1.60 bits per heavy atom. The van der Waals surface area contributed by atoms with Gasteiger partial charge in [0.15, 0.2) is 0 Å². The van der Waals surface area contributed by atoms with Crippen LogP contribution in [0.25, 0.3) is 0 Å². The van der Waals surface area contributed by atoms with Crippen LogP contribution < -0.4 is 5.32 Å².